The van der Waals surface area contributed by atoms with E-state index in [1.165, 1.54) is 14.0 Å². The molecule has 1 aliphatic carbocycles. The molecule has 2 rings (SSSR count). The molecule has 0 unspecified atom stereocenters. The van der Waals surface area contributed by atoms with Crippen LogP contribution in [0.15, 0.2) is 30.4 Å². The molecule has 7 nitrogen and oxygen atoms in total. The molecule has 0 aliphatic heterocycles. The first-order chi connectivity index (χ1) is 12.0. The third-order valence-corrected chi connectivity index (χ3v) is 3.70. The Kier molecular flexibility index (Phi) is 6.56. The topological polar surface area (TPSA) is 93.7 Å². The molecule has 1 atom stereocenters. The van der Waals surface area contributed by atoms with E-state index in [9.17, 15) is 14.4 Å². The van der Waals surface area contributed by atoms with E-state index >= 15 is 0 Å². The van der Waals surface area contributed by atoms with E-state index in [4.69, 9.17) is 9.47 Å². The SMILES string of the molecule is COc1ccc(NC(C)=O)cc1NC(=O)COC(=O)C[C@@H]1C=CCC1. The van der Waals surface area contributed by atoms with Crippen molar-refractivity contribution in [1.29, 1.82) is 0 Å². The first-order valence-electron chi connectivity index (χ1n) is 8.05. The number of hydrogen-bond donors (Lipinski definition) is 2. The Balaban J connectivity index is 1.89. The quantitative estimate of drug-likeness (QED) is 0.584. The van der Waals surface area contributed by atoms with Crippen LogP contribution in [-0.2, 0) is 19.1 Å². The summed E-state index contributed by atoms with van der Waals surface area (Å²) in [5, 5.41) is 5.24. The number of benzene rings is 1. The predicted octanol–water partition coefficient (Wildman–Crippen LogP) is 2.49. The molecule has 0 heterocycles. The van der Waals surface area contributed by atoms with Crippen molar-refractivity contribution in [2.45, 2.75) is 26.2 Å². The van der Waals surface area contributed by atoms with Gasteiger partial charge in [-0.25, -0.2) is 0 Å². The summed E-state index contributed by atoms with van der Waals surface area (Å²) in [6, 6.07) is 4.85. The second-order valence-corrected chi connectivity index (χ2v) is 5.77. The van der Waals surface area contributed by atoms with Crippen molar-refractivity contribution >= 4 is 29.2 Å². The normalized spacial score (nSPS) is 15.5. The number of carbonyl (C=O) groups excluding carboxylic acids is 3. The Hall–Kier alpha value is -2.83. The van der Waals surface area contributed by atoms with E-state index in [-0.39, 0.29) is 24.9 Å². The summed E-state index contributed by atoms with van der Waals surface area (Å²) >= 11 is 0. The van der Waals surface area contributed by atoms with Crippen LogP contribution in [0, 0.1) is 5.92 Å². The van der Waals surface area contributed by atoms with Gasteiger partial charge in [-0.3, -0.25) is 14.4 Å². The number of esters is 1. The molecule has 2 amide bonds. The summed E-state index contributed by atoms with van der Waals surface area (Å²) in [7, 11) is 1.47. The number of hydrogen-bond acceptors (Lipinski definition) is 5. The van der Waals surface area contributed by atoms with Crippen molar-refractivity contribution in [2.24, 2.45) is 5.92 Å². The average Bonchev–Trinajstić information content (AvgIpc) is 3.05. The van der Waals surface area contributed by atoms with E-state index < -0.39 is 11.9 Å². The second-order valence-electron chi connectivity index (χ2n) is 5.77. The van der Waals surface area contributed by atoms with Gasteiger partial charge in [-0.2, -0.15) is 0 Å². The molecule has 0 radical (unpaired) electrons. The Labute approximate surface area is 146 Å². The molecule has 7 heteroatoms. The van der Waals surface area contributed by atoms with E-state index in [2.05, 4.69) is 10.6 Å². The first-order valence-corrected chi connectivity index (χ1v) is 8.05. The van der Waals surface area contributed by atoms with Gasteiger partial charge in [0.1, 0.15) is 5.75 Å². The molecule has 134 valence electrons. The third kappa shape index (κ3) is 5.95. The van der Waals surface area contributed by atoms with E-state index in [0.717, 1.165) is 12.8 Å². The molecule has 2 N–H and O–H groups in total. The number of rotatable bonds is 7. The van der Waals surface area contributed by atoms with E-state index in [1.54, 1.807) is 18.2 Å². The van der Waals surface area contributed by atoms with Crippen LogP contribution in [0.5, 0.6) is 5.75 Å². The molecule has 0 fully saturated rings. The van der Waals surface area contributed by atoms with E-state index in [1.807, 2.05) is 12.2 Å². The van der Waals surface area contributed by atoms with Crippen LogP contribution in [0.25, 0.3) is 0 Å². The zero-order valence-corrected chi connectivity index (χ0v) is 14.3. The van der Waals surface area contributed by atoms with Gasteiger partial charge in [0.25, 0.3) is 5.91 Å². The number of nitrogens with one attached hydrogen (secondary N) is 2. The summed E-state index contributed by atoms with van der Waals surface area (Å²) in [6.07, 6.45) is 6.24. The smallest absolute Gasteiger partial charge is 0.306 e. The van der Waals surface area contributed by atoms with Crippen LogP contribution in [0.1, 0.15) is 26.2 Å². The molecule has 0 saturated carbocycles. The minimum Gasteiger partial charge on any atom is -0.495 e. The Morgan fingerprint density at radius 2 is 2.04 bits per heavy atom. The fraction of sp³-hybridized carbons (Fsp3) is 0.389. The summed E-state index contributed by atoms with van der Waals surface area (Å²) in [6.45, 7) is 1.02. The Morgan fingerprint density at radius 1 is 1.24 bits per heavy atom. The standard InChI is InChI=1S/C18H22N2O5/c1-12(21)19-14-7-8-16(24-2)15(10-14)20-17(22)11-25-18(23)9-13-5-3-4-6-13/h3,5,7-8,10,13H,4,6,9,11H2,1-2H3,(H,19,21)(H,20,22)/t13-/m1/s1. The lowest BCUT2D eigenvalue weighted by Crippen LogP contribution is -2.22. The minimum absolute atomic E-state index is 0.199. The zero-order valence-electron chi connectivity index (χ0n) is 14.3. The summed E-state index contributed by atoms with van der Waals surface area (Å²) in [5.74, 6) is -0.466. The van der Waals surface area contributed by atoms with Crippen LogP contribution in [0.3, 0.4) is 0 Å². The maximum Gasteiger partial charge on any atom is 0.306 e. The predicted molar refractivity (Wildman–Crippen MR) is 93.4 cm³/mol. The lowest BCUT2D eigenvalue weighted by molar-refractivity contribution is -0.147. The van der Waals surface area contributed by atoms with Crippen molar-refractivity contribution in [3.8, 4) is 5.75 Å². The largest absolute Gasteiger partial charge is 0.495 e. The molecular weight excluding hydrogens is 324 g/mol. The number of allylic oxidation sites excluding steroid dienone is 2. The van der Waals surface area contributed by atoms with Crippen molar-refractivity contribution in [1.82, 2.24) is 0 Å². The monoisotopic (exact) mass is 346 g/mol. The van der Waals surface area contributed by atoms with Crippen LogP contribution in [-0.4, -0.2) is 31.5 Å². The lowest BCUT2D eigenvalue weighted by Gasteiger charge is -2.13. The second kappa shape index (κ2) is 8.86. The maximum atomic E-state index is 12.0. The minimum atomic E-state index is -0.478. The highest BCUT2D eigenvalue weighted by Crippen LogP contribution is 2.28. The van der Waals surface area contributed by atoms with Gasteiger partial charge in [-0.1, -0.05) is 12.2 Å². The molecule has 1 aromatic rings. The molecule has 1 aliphatic rings. The molecule has 0 bridgehead atoms. The zero-order chi connectivity index (χ0) is 18.2. The van der Waals surface area contributed by atoms with Gasteiger partial charge in [0, 0.05) is 12.6 Å². The van der Waals surface area contributed by atoms with Gasteiger partial charge in [0.15, 0.2) is 6.61 Å². The molecule has 0 spiro atoms. The maximum absolute atomic E-state index is 12.0. The van der Waals surface area contributed by atoms with Crippen LogP contribution in [0.4, 0.5) is 11.4 Å². The lowest BCUT2D eigenvalue weighted by atomic mass is 10.1. The summed E-state index contributed by atoms with van der Waals surface area (Å²) in [4.78, 5) is 34.9. The van der Waals surface area contributed by atoms with Crippen molar-refractivity contribution < 1.29 is 23.9 Å². The van der Waals surface area contributed by atoms with Gasteiger partial charge < -0.3 is 20.1 Å². The third-order valence-electron chi connectivity index (χ3n) is 3.70. The highest BCUT2D eigenvalue weighted by atomic mass is 16.5. The molecule has 25 heavy (non-hydrogen) atoms. The first kappa shape index (κ1) is 18.5. The molecule has 0 aromatic heterocycles. The number of ether oxygens (including phenoxy) is 2. The number of anilines is 2. The van der Waals surface area contributed by atoms with E-state index in [0.29, 0.717) is 17.1 Å². The van der Waals surface area contributed by atoms with Crippen LogP contribution >= 0.6 is 0 Å². The highest BCUT2D eigenvalue weighted by molar-refractivity contribution is 5.96. The Morgan fingerprint density at radius 3 is 2.68 bits per heavy atom. The van der Waals surface area contributed by atoms with Crippen LogP contribution in [0.2, 0.25) is 0 Å². The number of methoxy groups -OCH3 is 1. The number of amides is 2. The Bertz CT molecular complexity index is 684. The molecule has 0 saturated heterocycles. The molecule has 1 aromatic carbocycles. The van der Waals surface area contributed by atoms with Gasteiger partial charge in [-0.15, -0.1) is 0 Å². The average molecular weight is 346 g/mol. The van der Waals surface area contributed by atoms with Gasteiger partial charge in [-0.05, 0) is 37.0 Å². The molecular formula is C18H22N2O5. The fourth-order valence-corrected chi connectivity index (χ4v) is 2.56. The van der Waals surface area contributed by atoms with Gasteiger partial charge >= 0.3 is 5.97 Å². The van der Waals surface area contributed by atoms with Gasteiger partial charge in [0.05, 0.1) is 19.2 Å². The summed E-state index contributed by atoms with van der Waals surface area (Å²) in [5.41, 5.74) is 0.905. The van der Waals surface area contributed by atoms with Crippen molar-refractivity contribution in [3.63, 3.8) is 0 Å². The highest BCUT2D eigenvalue weighted by Gasteiger charge is 2.16. The van der Waals surface area contributed by atoms with Gasteiger partial charge in [0.2, 0.25) is 5.91 Å². The van der Waals surface area contributed by atoms with Crippen molar-refractivity contribution in [3.05, 3.63) is 30.4 Å². The fourth-order valence-electron chi connectivity index (χ4n) is 2.56. The summed E-state index contributed by atoms with van der Waals surface area (Å²) < 4.78 is 10.2. The van der Waals surface area contributed by atoms with Crippen LogP contribution < -0.4 is 15.4 Å². The number of carbonyl (C=O) groups is 3. The van der Waals surface area contributed by atoms with Crippen molar-refractivity contribution in [2.75, 3.05) is 24.4 Å².